The Labute approximate surface area is 162 Å². The largest absolute Gasteiger partial charge is 0.445 e. The molecule has 6 heteroatoms. The number of carbonyl (C=O) groups is 2. The van der Waals surface area contributed by atoms with Crippen molar-refractivity contribution in [2.75, 3.05) is 13.1 Å². The third kappa shape index (κ3) is 6.77. The quantitative estimate of drug-likeness (QED) is 0.849. The average Bonchev–Trinajstić information content (AvgIpc) is 2.59. The molecule has 1 aromatic rings. The van der Waals surface area contributed by atoms with Crippen LogP contribution in [0.2, 0.25) is 0 Å². The number of carbonyl (C=O) groups excluding carboxylic acids is 2. The lowest BCUT2D eigenvalue weighted by Crippen LogP contribution is -2.53. The van der Waals surface area contributed by atoms with E-state index in [1.54, 1.807) is 4.90 Å². The Hall–Kier alpha value is -2.24. The van der Waals surface area contributed by atoms with Gasteiger partial charge in [-0.15, -0.1) is 0 Å². The lowest BCUT2D eigenvalue weighted by atomic mass is 9.80. The molecule has 0 bridgehead atoms. The van der Waals surface area contributed by atoms with Gasteiger partial charge in [-0.25, -0.2) is 9.59 Å². The fourth-order valence-electron chi connectivity index (χ4n) is 3.23. The number of hydrogen-bond donors (Lipinski definition) is 1. The maximum absolute atomic E-state index is 12.2. The number of alkyl carbamates (subject to hydrolysis) is 1. The van der Waals surface area contributed by atoms with Crippen LogP contribution >= 0.6 is 0 Å². The van der Waals surface area contributed by atoms with Gasteiger partial charge in [0, 0.05) is 18.6 Å². The summed E-state index contributed by atoms with van der Waals surface area (Å²) >= 11 is 0. The van der Waals surface area contributed by atoms with Crippen molar-refractivity contribution in [3.8, 4) is 0 Å². The standard InChI is InChI=1S/C21H32N2O4/c1-20(2,3)27-19(25)23-13-11-17(12-14-23)21(4,5)22-18(24)26-15-16-9-7-6-8-10-16/h6-10,17H,11-15H2,1-5H3,(H,22,24). The Morgan fingerprint density at radius 2 is 1.67 bits per heavy atom. The van der Waals surface area contributed by atoms with Crippen LogP contribution in [0.3, 0.4) is 0 Å². The SMILES string of the molecule is CC(C)(C)OC(=O)N1CCC(C(C)(C)NC(=O)OCc2ccccc2)CC1. The molecule has 1 saturated heterocycles. The third-order valence-corrected chi connectivity index (χ3v) is 4.80. The van der Waals surface area contributed by atoms with Gasteiger partial charge < -0.3 is 19.7 Å². The number of amides is 2. The van der Waals surface area contributed by atoms with Crippen molar-refractivity contribution in [3.63, 3.8) is 0 Å². The van der Waals surface area contributed by atoms with Gasteiger partial charge in [0.1, 0.15) is 12.2 Å². The summed E-state index contributed by atoms with van der Waals surface area (Å²) in [5.41, 5.74) is 0.0570. The van der Waals surface area contributed by atoms with Crippen molar-refractivity contribution >= 4 is 12.2 Å². The molecule has 0 radical (unpaired) electrons. The Balaban J connectivity index is 1.80. The Kier molecular flexibility index (Phi) is 6.73. The van der Waals surface area contributed by atoms with Gasteiger partial charge in [-0.3, -0.25) is 0 Å². The molecule has 0 aliphatic carbocycles. The van der Waals surface area contributed by atoms with Crippen LogP contribution in [0.15, 0.2) is 30.3 Å². The van der Waals surface area contributed by atoms with Gasteiger partial charge in [-0.2, -0.15) is 0 Å². The Bertz CT molecular complexity index is 629. The van der Waals surface area contributed by atoms with E-state index < -0.39 is 17.2 Å². The second-order valence-corrected chi connectivity index (χ2v) is 8.65. The molecule has 1 aromatic carbocycles. The third-order valence-electron chi connectivity index (χ3n) is 4.80. The van der Waals surface area contributed by atoms with Crippen molar-refractivity contribution in [2.24, 2.45) is 5.92 Å². The Morgan fingerprint density at radius 1 is 1.07 bits per heavy atom. The van der Waals surface area contributed by atoms with Crippen LogP contribution in [-0.2, 0) is 16.1 Å². The summed E-state index contributed by atoms with van der Waals surface area (Å²) < 4.78 is 10.8. The van der Waals surface area contributed by atoms with Gasteiger partial charge in [0.15, 0.2) is 0 Å². The van der Waals surface area contributed by atoms with E-state index in [1.165, 1.54) is 0 Å². The van der Waals surface area contributed by atoms with E-state index in [0.29, 0.717) is 13.1 Å². The highest BCUT2D eigenvalue weighted by atomic mass is 16.6. The van der Waals surface area contributed by atoms with Crippen LogP contribution in [0, 0.1) is 5.92 Å². The number of nitrogens with zero attached hydrogens (tertiary/aromatic N) is 1. The highest BCUT2D eigenvalue weighted by molar-refractivity contribution is 5.69. The zero-order chi connectivity index (χ0) is 20.1. The number of ether oxygens (including phenoxy) is 2. The number of likely N-dealkylation sites (tertiary alicyclic amines) is 1. The average molecular weight is 376 g/mol. The molecule has 150 valence electrons. The summed E-state index contributed by atoms with van der Waals surface area (Å²) in [5, 5.41) is 2.98. The van der Waals surface area contributed by atoms with Crippen molar-refractivity contribution in [2.45, 2.75) is 65.2 Å². The molecule has 1 N–H and O–H groups in total. The van der Waals surface area contributed by atoms with Crippen LogP contribution in [0.25, 0.3) is 0 Å². The molecule has 0 aromatic heterocycles. The number of piperidine rings is 1. The molecule has 1 heterocycles. The zero-order valence-corrected chi connectivity index (χ0v) is 17.1. The van der Waals surface area contributed by atoms with E-state index in [9.17, 15) is 9.59 Å². The molecule has 27 heavy (non-hydrogen) atoms. The van der Waals surface area contributed by atoms with Gasteiger partial charge in [-0.05, 0) is 58.9 Å². The maximum Gasteiger partial charge on any atom is 0.410 e. The lowest BCUT2D eigenvalue weighted by molar-refractivity contribution is 0.0140. The zero-order valence-electron chi connectivity index (χ0n) is 17.1. The first-order chi connectivity index (χ1) is 12.6. The van der Waals surface area contributed by atoms with Gasteiger partial charge >= 0.3 is 12.2 Å². The summed E-state index contributed by atoms with van der Waals surface area (Å²) in [7, 11) is 0. The van der Waals surface area contributed by atoms with E-state index in [-0.39, 0.29) is 18.6 Å². The smallest absolute Gasteiger partial charge is 0.410 e. The Morgan fingerprint density at radius 3 is 2.22 bits per heavy atom. The van der Waals surface area contributed by atoms with Crippen molar-refractivity contribution in [3.05, 3.63) is 35.9 Å². The van der Waals surface area contributed by atoms with E-state index in [0.717, 1.165) is 18.4 Å². The van der Waals surface area contributed by atoms with Crippen LogP contribution in [0.1, 0.15) is 53.0 Å². The summed E-state index contributed by atoms with van der Waals surface area (Å²) in [6.45, 7) is 11.1. The minimum atomic E-state index is -0.489. The van der Waals surface area contributed by atoms with E-state index in [4.69, 9.17) is 9.47 Å². The number of benzene rings is 1. The summed E-state index contributed by atoms with van der Waals surface area (Å²) in [5.74, 6) is 0.264. The summed E-state index contributed by atoms with van der Waals surface area (Å²) in [4.78, 5) is 26.1. The van der Waals surface area contributed by atoms with Crippen molar-refractivity contribution in [1.82, 2.24) is 10.2 Å². The molecule has 6 nitrogen and oxygen atoms in total. The fourth-order valence-corrected chi connectivity index (χ4v) is 3.23. The highest BCUT2D eigenvalue weighted by Gasteiger charge is 2.36. The van der Waals surface area contributed by atoms with Gasteiger partial charge in [0.25, 0.3) is 0 Å². The van der Waals surface area contributed by atoms with E-state index in [2.05, 4.69) is 5.32 Å². The molecule has 1 aliphatic rings. The first kappa shape index (κ1) is 21.1. The molecule has 0 unspecified atom stereocenters. The van der Waals surface area contributed by atoms with Crippen molar-refractivity contribution in [1.29, 1.82) is 0 Å². The first-order valence-corrected chi connectivity index (χ1v) is 9.53. The second kappa shape index (κ2) is 8.63. The summed E-state index contributed by atoms with van der Waals surface area (Å²) in [6.07, 6.45) is 0.934. The lowest BCUT2D eigenvalue weighted by Gasteiger charge is -2.41. The van der Waals surface area contributed by atoms with E-state index in [1.807, 2.05) is 65.0 Å². The number of hydrogen-bond acceptors (Lipinski definition) is 4. The van der Waals surface area contributed by atoms with Crippen LogP contribution < -0.4 is 5.32 Å². The minimum Gasteiger partial charge on any atom is -0.445 e. The molecule has 0 spiro atoms. The topological polar surface area (TPSA) is 67.9 Å². The highest BCUT2D eigenvalue weighted by Crippen LogP contribution is 2.29. The minimum absolute atomic E-state index is 0.250. The maximum atomic E-state index is 12.2. The monoisotopic (exact) mass is 376 g/mol. The van der Waals surface area contributed by atoms with Crippen molar-refractivity contribution < 1.29 is 19.1 Å². The molecule has 0 saturated carbocycles. The predicted octanol–water partition coefficient (Wildman–Crippen LogP) is 4.34. The van der Waals surface area contributed by atoms with Gasteiger partial charge in [0.2, 0.25) is 0 Å². The number of nitrogens with one attached hydrogen (secondary N) is 1. The molecule has 2 rings (SSSR count). The van der Waals surface area contributed by atoms with E-state index >= 15 is 0 Å². The van der Waals surface area contributed by atoms with Crippen LogP contribution in [0.5, 0.6) is 0 Å². The predicted molar refractivity (Wildman–Crippen MR) is 104 cm³/mol. The molecular formula is C21H32N2O4. The first-order valence-electron chi connectivity index (χ1n) is 9.53. The van der Waals surface area contributed by atoms with Crippen LogP contribution in [0.4, 0.5) is 9.59 Å². The molecule has 1 aliphatic heterocycles. The second-order valence-electron chi connectivity index (χ2n) is 8.65. The van der Waals surface area contributed by atoms with Gasteiger partial charge in [0.05, 0.1) is 0 Å². The molecule has 2 amide bonds. The molecule has 0 atom stereocenters. The van der Waals surface area contributed by atoms with Gasteiger partial charge in [-0.1, -0.05) is 30.3 Å². The van der Waals surface area contributed by atoms with Crippen LogP contribution in [-0.4, -0.2) is 41.3 Å². The fraction of sp³-hybridized carbons (Fsp3) is 0.619. The number of rotatable bonds is 4. The summed E-state index contributed by atoms with van der Waals surface area (Å²) in [6, 6.07) is 9.60. The normalized spacial score (nSPS) is 16.0. The molecule has 1 fully saturated rings. The molecular weight excluding hydrogens is 344 g/mol.